The topological polar surface area (TPSA) is 40.5 Å². The van der Waals surface area contributed by atoms with Crippen molar-refractivity contribution in [3.05, 3.63) is 52.6 Å². The predicted octanol–water partition coefficient (Wildman–Crippen LogP) is 5.65. The first kappa shape index (κ1) is 22.5. The maximum Gasteiger partial charge on any atom is 0.159 e. The molecule has 5 rings (SSSR count). The number of nitrogens with zero attached hydrogens (tertiary/aromatic N) is 1. The lowest BCUT2D eigenvalue weighted by Gasteiger charge is -2.54. The fourth-order valence-electron chi connectivity index (χ4n) is 7.53. The van der Waals surface area contributed by atoms with Gasteiger partial charge >= 0.3 is 0 Å². The summed E-state index contributed by atoms with van der Waals surface area (Å²) in [5.74, 6) is 7.80. The SMILES string of the molecule is CC#C[C@]1(O)CC[C@H]2[C@@H]3CCC4=CC(=O)[C@H](C)CC4=C3[C@@H](c3ccc(N(C)C)cc3)C[C@@]21C. The maximum atomic E-state index is 12.5. The number of anilines is 1. The van der Waals surface area contributed by atoms with E-state index in [1.54, 1.807) is 5.57 Å². The van der Waals surface area contributed by atoms with Crippen molar-refractivity contribution in [3.8, 4) is 11.8 Å². The maximum absolute atomic E-state index is 12.5. The van der Waals surface area contributed by atoms with E-state index in [0.717, 1.165) is 38.5 Å². The van der Waals surface area contributed by atoms with Crippen LogP contribution < -0.4 is 4.90 Å². The molecule has 3 nitrogen and oxygen atoms in total. The summed E-state index contributed by atoms with van der Waals surface area (Å²) in [4.78, 5) is 14.6. The lowest BCUT2D eigenvalue weighted by molar-refractivity contribution is -0.118. The van der Waals surface area contributed by atoms with Gasteiger partial charge in [-0.3, -0.25) is 4.79 Å². The number of aliphatic hydroxyl groups is 1. The molecule has 33 heavy (non-hydrogen) atoms. The second-order valence-corrected chi connectivity index (χ2v) is 11.3. The molecule has 0 radical (unpaired) electrons. The molecule has 0 aliphatic heterocycles. The van der Waals surface area contributed by atoms with E-state index in [0.29, 0.717) is 11.8 Å². The van der Waals surface area contributed by atoms with E-state index in [2.05, 4.69) is 68.9 Å². The van der Waals surface area contributed by atoms with E-state index < -0.39 is 5.60 Å². The molecule has 0 heterocycles. The van der Waals surface area contributed by atoms with Crippen LogP contribution in [0.3, 0.4) is 0 Å². The van der Waals surface area contributed by atoms with E-state index in [9.17, 15) is 9.90 Å². The summed E-state index contributed by atoms with van der Waals surface area (Å²) in [5, 5.41) is 11.8. The monoisotopic (exact) mass is 443 g/mol. The van der Waals surface area contributed by atoms with Crippen LogP contribution >= 0.6 is 0 Å². The van der Waals surface area contributed by atoms with E-state index in [1.165, 1.54) is 22.4 Å². The van der Waals surface area contributed by atoms with Gasteiger partial charge in [0.15, 0.2) is 5.78 Å². The summed E-state index contributed by atoms with van der Waals surface area (Å²) in [6.45, 7) is 6.22. The number of hydrogen-bond acceptors (Lipinski definition) is 3. The van der Waals surface area contributed by atoms with Crippen molar-refractivity contribution in [2.45, 2.75) is 70.8 Å². The highest BCUT2D eigenvalue weighted by molar-refractivity contribution is 5.94. The second kappa shape index (κ2) is 7.88. The molecule has 3 heteroatoms. The lowest BCUT2D eigenvalue weighted by atomic mass is 9.51. The standard InChI is InChI=1S/C30H37NO2/c1-6-14-30(33)15-13-26-23-12-9-21-17-27(32)19(2)16-24(21)28(23)25(18-29(26,30)3)20-7-10-22(11-8-20)31(4)5/h7-8,10-11,17,19,23,25-26,33H,9,12-13,15-16,18H2,1-5H3/t19-,23+,25-,26+,29+,30+/m1/s1. The Bertz CT molecular complexity index is 1100. The summed E-state index contributed by atoms with van der Waals surface area (Å²) in [7, 11) is 4.14. The van der Waals surface area contributed by atoms with E-state index in [4.69, 9.17) is 0 Å². The molecule has 4 aliphatic carbocycles. The molecule has 2 fully saturated rings. The average molecular weight is 444 g/mol. The third kappa shape index (κ3) is 3.33. The number of ketones is 1. The fourth-order valence-corrected chi connectivity index (χ4v) is 7.53. The van der Waals surface area contributed by atoms with Crippen LogP contribution in [0.15, 0.2) is 47.1 Å². The van der Waals surface area contributed by atoms with Crippen molar-refractivity contribution in [2.75, 3.05) is 19.0 Å². The highest BCUT2D eigenvalue weighted by atomic mass is 16.3. The highest BCUT2D eigenvalue weighted by Crippen LogP contribution is 2.66. The molecule has 0 saturated heterocycles. The molecular weight excluding hydrogens is 406 g/mol. The van der Waals surface area contributed by atoms with Crippen LogP contribution in [0, 0.1) is 35.0 Å². The van der Waals surface area contributed by atoms with Crippen LogP contribution in [-0.2, 0) is 4.79 Å². The van der Waals surface area contributed by atoms with Crippen LogP contribution in [0.25, 0.3) is 0 Å². The minimum Gasteiger partial charge on any atom is -0.378 e. The normalized spacial score (nSPS) is 37.4. The number of carbonyl (C=O) groups excluding carboxylic acids is 1. The van der Waals surface area contributed by atoms with Gasteiger partial charge in [-0.25, -0.2) is 0 Å². The summed E-state index contributed by atoms with van der Waals surface area (Å²) < 4.78 is 0. The average Bonchev–Trinajstić information content (AvgIpc) is 3.04. The first-order chi connectivity index (χ1) is 15.7. The van der Waals surface area contributed by atoms with Crippen molar-refractivity contribution >= 4 is 11.5 Å². The minimum atomic E-state index is -0.920. The van der Waals surface area contributed by atoms with Crippen molar-refractivity contribution in [1.82, 2.24) is 0 Å². The molecule has 0 unspecified atom stereocenters. The Morgan fingerprint density at radius 2 is 1.88 bits per heavy atom. The number of hydrogen-bond donors (Lipinski definition) is 1. The van der Waals surface area contributed by atoms with Gasteiger partial charge in [-0.1, -0.05) is 37.5 Å². The number of allylic oxidation sites excluding steroid dienone is 4. The molecular formula is C30H37NO2. The number of carbonyl (C=O) groups is 1. The third-order valence-corrected chi connectivity index (χ3v) is 9.39. The van der Waals surface area contributed by atoms with Crippen LogP contribution in [0.5, 0.6) is 0 Å². The predicted molar refractivity (Wildman–Crippen MR) is 134 cm³/mol. The molecule has 1 aromatic rings. The Morgan fingerprint density at radius 1 is 1.15 bits per heavy atom. The van der Waals surface area contributed by atoms with Crippen molar-refractivity contribution in [1.29, 1.82) is 0 Å². The van der Waals surface area contributed by atoms with Crippen molar-refractivity contribution in [3.63, 3.8) is 0 Å². The zero-order valence-corrected chi connectivity index (χ0v) is 20.7. The van der Waals surface area contributed by atoms with Crippen LogP contribution in [-0.4, -0.2) is 30.6 Å². The third-order valence-electron chi connectivity index (χ3n) is 9.39. The zero-order valence-electron chi connectivity index (χ0n) is 20.7. The molecule has 174 valence electrons. The Labute approximate surface area is 199 Å². The van der Waals surface area contributed by atoms with E-state index >= 15 is 0 Å². The summed E-state index contributed by atoms with van der Waals surface area (Å²) in [6, 6.07) is 8.99. The quantitative estimate of drug-likeness (QED) is 0.600. The van der Waals surface area contributed by atoms with Gasteiger partial charge in [-0.05, 0) is 92.2 Å². The Balaban J connectivity index is 1.68. The molecule has 1 aromatic carbocycles. The van der Waals surface area contributed by atoms with Gasteiger partial charge < -0.3 is 10.0 Å². The number of rotatable bonds is 2. The summed E-state index contributed by atoms with van der Waals surface area (Å²) >= 11 is 0. The minimum absolute atomic E-state index is 0.0616. The fraction of sp³-hybridized carbons (Fsp3) is 0.567. The molecule has 0 bridgehead atoms. The van der Waals surface area contributed by atoms with Crippen molar-refractivity contribution in [2.24, 2.45) is 23.2 Å². The van der Waals surface area contributed by atoms with Gasteiger partial charge in [0.25, 0.3) is 0 Å². The largest absolute Gasteiger partial charge is 0.378 e. The molecule has 4 aliphatic rings. The Kier molecular flexibility index (Phi) is 5.37. The number of benzene rings is 1. The molecule has 0 spiro atoms. The lowest BCUT2D eigenvalue weighted by Crippen LogP contribution is -2.51. The highest BCUT2D eigenvalue weighted by Gasteiger charge is 2.62. The zero-order chi connectivity index (χ0) is 23.5. The van der Waals surface area contributed by atoms with Gasteiger partial charge in [-0.2, -0.15) is 0 Å². The van der Waals surface area contributed by atoms with Crippen molar-refractivity contribution < 1.29 is 9.90 Å². The molecule has 2 saturated carbocycles. The Hall–Kier alpha value is -2.31. The van der Waals surface area contributed by atoms with E-state index in [1.807, 2.05) is 13.0 Å². The summed E-state index contributed by atoms with van der Waals surface area (Å²) in [5.41, 5.74) is 5.69. The smallest absolute Gasteiger partial charge is 0.159 e. The first-order valence-corrected chi connectivity index (χ1v) is 12.6. The van der Waals surface area contributed by atoms with Gasteiger partial charge in [0, 0.05) is 37.0 Å². The van der Waals surface area contributed by atoms with Gasteiger partial charge in [-0.15, -0.1) is 5.92 Å². The van der Waals surface area contributed by atoms with Gasteiger partial charge in [0.05, 0.1) is 0 Å². The first-order valence-electron chi connectivity index (χ1n) is 12.6. The van der Waals surface area contributed by atoms with Gasteiger partial charge in [0.1, 0.15) is 5.60 Å². The van der Waals surface area contributed by atoms with Gasteiger partial charge in [0.2, 0.25) is 0 Å². The molecule has 0 aromatic heterocycles. The second-order valence-electron chi connectivity index (χ2n) is 11.3. The van der Waals surface area contributed by atoms with Crippen LogP contribution in [0.2, 0.25) is 0 Å². The molecule has 6 atom stereocenters. The Morgan fingerprint density at radius 3 is 2.55 bits per heavy atom. The molecule has 1 N–H and O–H groups in total. The number of fused-ring (bicyclic) bond motifs is 4. The van der Waals surface area contributed by atoms with Crippen LogP contribution in [0.4, 0.5) is 5.69 Å². The molecule has 0 amide bonds. The van der Waals surface area contributed by atoms with Crippen LogP contribution in [0.1, 0.15) is 70.8 Å². The summed E-state index contributed by atoms with van der Waals surface area (Å²) in [6.07, 6.45) is 7.58. The van der Waals surface area contributed by atoms with E-state index in [-0.39, 0.29) is 23.0 Å².